The van der Waals surface area contributed by atoms with Gasteiger partial charge in [0.2, 0.25) is 0 Å². The van der Waals surface area contributed by atoms with Crippen molar-refractivity contribution in [3.63, 3.8) is 0 Å². The van der Waals surface area contributed by atoms with Crippen LogP contribution in [0.25, 0.3) is 0 Å². The van der Waals surface area contributed by atoms with Crippen LogP contribution in [0, 0.1) is 24.4 Å². The third kappa shape index (κ3) is 2.67. The summed E-state index contributed by atoms with van der Waals surface area (Å²) < 4.78 is 41.6. The van der Waals surface area contributed by atoms with Crippen LogP contribution >= 0.6 is 15.9 Å². The Morgan fingerprint density at radius 2 is 1.63 bits per heavy atom. The molecule has 0 aliphatic rings. The Bertz CT molecular complexity index is 628. The fraction of sp³-hybridized carbons (Fsp3) is 0.143. The highest BCUT2D eigenvalue weighted by atomic mass is 79.9. The fourth-order valence-electron chi connectivity index (χ4n) is 1.82. The Balaban J connectivity index is 2.50. The van der Waals surface area contributed by atoms with Crippen molar-refractivity contribution in [3.05, 3.63) is 68.9 Å². The van der Waals surface area contributed by atoms with Gasteiger partial charge in [-0.2, -0.15) is 0 Å². The molecular formula is C14H11BrF3N. The minimum Gasteiger partial charge on any atom is -0.320 e. The Morgan fingerprint density at radius 3 is 2.26 bits per heavy atom. The molecule has 100 valence electrons. The van der Waals surface area contributed by atoms with Crippen molar-refractivity contribution >= 4 is 15.9 Å². The Kier molecular flexibility index (Phi) is 3.96. The van der Waals surface area contributed by atoms with E-state index in [9.17, 15) is 13.2 Å². The zero-order chi connectivity index (χ0) is 14.2. The average molecular weight is 330 g/mol. The smallest absolute Gasteiger partial charge is 0.164 e. The zero-order valence-corrected chi connectivity index (χ0v) is 11.6. The summed E-state index contributed by atoms with van der Waals surface area (Å²) in [5.41, 5.74) is 6.06. The van der Waals surface area contributed by atoms with Crippen molar-refractivity contribution in [2.75, 3.05) is 0 Å². The van der Waals surface area contributed by atoms with E-state index in [1.165, 1.54) is 31.2 Å². The van der Waals surface area contributed by atoms with Crippen LogP contribution in [0.1, 0.15) is 22.7 Å². The number of hydrogen-bond donors (Lipinski definition) is 1. The second kappa shape index (κ2) is 5.35. The van der Waals surface area contributed by atoms with Crippen molar-refractivity contribution in [1.82, 2.24) is 0 Å². The predicted octanol–water partition coefficient (Wildman–Crippen LogP) is 4.22. The van der Waals surface area contributed by atoms with E-state index in [0.29, 0.717) is 4.47 Å². The van der Waals surface area contributed by atoms with Gasteiger partial charge in [-0.05, 0) is 24.6 Å². The second-order valence-electron chi connectivity index (χ2n) is 4.24. The van der Waals surface area contributed by atoms with Crippen LogP contribution in [-0.4, -0.2) is 0 Å². The maximum atomic E-state index is 13.8. The van der Waals surface area contributed by atoms with Crippen LogP contribution < -0.4 is 5.73 Å². The van der Waals surface area contributed by atoms with Gasteiger partial charge in [0.1, 0.15) is 5.82 Å². The quantitative estimate of drug-likeness (QED) is 0.876. The monoisotopic (exact) mass is 329 g/mol. The van der Waals surface area contributed by atoms with E-state index in [1.54, 1.807) is 6.07 Å². The highest BCUT2D eigenvalue weighted by Gasteiger charge is 2.20. The number of hydrogen-bond acceptors (Lipinski definition) is 1. The molecule has 0 fully saturated rings. The number of rotatable bonds is 2. The number of nitrogens with two attached hydrogens (primary N) is 1. The maximum Gasteiger partial charge on any atom is 0.164 e. The minimum absolute atomic E-state index is 0.0654. The lowest BCUT2D eigenvalue weighted by atomic mass is 9.97. The maximum absolute atomic E-state index is 13.8. The van der Waals surface area contributed by atoms with E-state index in [4.69, 9.17) is 5.73 Å². The van der Waals surface area contributed by atoms with Gasteiger partial charge < -0.3 is 5.73 Å². The lowest BCUT2D eigenvalue weighted by Crippen LogP contribution is -2.16. The molecule has 0 heterocycles. The Labute approximate surface area is 117 Å². The minimum atomic E-state index is -1.05. The van der Waals surface area contributed by atoms with Crippen molar-refractivity contribution in [2.24, 2.45) is 5.73 Å². The van der Waals surface area contributed by atoms with E-state index in [1.807, 2.05) is 0 Å². The molecule has 0 saturated heterocycles. The van der Waals surface area contributed by atoms with Gasteiger partial charge in [-0.1, -0.05) is 34.1 Å². The van der Waals surface area contributed by atoms with Gasteiger partial charge >= 0.3 is 0 Å². The molecule has 0 spiro atoms. The number of benzene rings is 2. The molecule has 0 aliphatic heterocycles. The van der Waals surface area contributed by atoms with E-state index >= 15 is 0 Å². The summed E-state index contributed by atoms with van der Waals surface area (Å²) in [6.45, 7) is 1.45. The summed E-state index contributed by atoms with van der Waals surface area (Å²) >= 11 is 3.12. The summed E-state index contributed by atoms with van der Waals surface area (Å²) in [4.78, 5) is 0. The molecule has 0 bridgehead atoms. The molecule has 1 unspecified atom stereocenters. The lowest BCUT2D eigenvalue weighted by molar-refractivity contribution is 0.487. The summed E-state index contributed by atoms with van der Waals surface area (Å²) in [5, 5.41) is 0. The van der Waals surface area contributed by atoms with Gasteiger partial charge in [-0.25, -0.2) is 13.2 Å². The molecule has 0 radical (unpaired) electrons. The van der Waals surface area contributed by atoms with Gasteiger partial charge in [0, 0.05) is 15.6 Å². The summed E-state index contributed by atoms with van der Waals surface area (Å²) in [6.07, 6.45) is 0. The highest BCUT2D eigenvalue weighted by molar-refractivity contribution is 9.10. The van der Waals surface area contributed by atoms with Crippen LogP contribution in [0.3, 0.4) is 0 Å². The molecule has 2 N–H and O–H groups in total. The fourth-order valence-corrected chi connectivity index (χ4v) is 2.16. The first-order valence-corrected chi connectivity index (χ1v) is 6.36. The van der Waals surface area contributed by atoms with Gasteiger partial charge in [0.15, 0.2) is 11.6 Å². The standard InChI is InChI=1S/C14H11BrF3N/c1-7-2-4-10(13(18)12(7)17)14(19)9-5-3-8(15)6-11(9)16/h2-6,14H,19H2,1H3. The largest absolute Gasteiger partial charge is 0.320 e. The number of aryl methyl sites for hydroxylation is 1. The highest BCUT2D eigenvalue weighted by Crippen LogP contribution is 2.28. The molecule has 0 saturated carbocycles. The SMILES string of the molecule is Cc1ccc(C(N)c2ccc(Br)cc2F)c(F)c1F. The van der Waals surface area contributed by atoms with Crippen LogP contribution in [0.5, 0.6) is 0 Å². The molecule has 5 heteroatoms. The zero-order valence-electron chi connectivity index (χ0n) is 10.1. The Hall–Kier alpha value is -1.33. The summed E-state index contributed by atoms with van der Waals surface area (Å²) in [5.74, 6) is -2.55. The van der Waals surface area contributed by atoms with Gasteiger partial charge in [0.05, 0.1) is 6.04 Å². The van der Waals surface area contributed by atoms with Crippen LogP contribution in [0.4, 0.5) is 13.2 Å². The van der Waals surface area contributed by atoms with Crippen LogP contribution in [0.2, 0.25) is 0 Å². The molecule has 19 heavy (non-hydrogen) atoms. The van der Waals surface area contributed by atoms with Gasteiger partial charge in [-0.15, -0.1) is 0 Å². The first kappa shape index (κ1) is 14.1. The molecule has 0 aliphatic carbocycles. The van der Waals surface area contributed by atoms with E-state index in [2.05, 4.69) is 15.9 Å². The molecule has 1 nitrogen and oxygen atoms in total. The summed E-state index contributed by atoms with van der Waals surface area (Å²) in [7, 11) is 0. The average Bonchev–Trinajstić information content (AvgIpc) is 2.35. The third-order valence-electron chi connectivity index (χ3n) is 2.94. The van der Waals surface area contributed by atoms with Crippen molar-refractivity contribution in [1.29, 1.82) is 0 Å². The predicted molar refractivity (Wildman–Crippen MR) is 71.2 cm³/mol. The van der Waals surface area contributed by atoms with Crippen molar-refractivity contribution in [3.8, 4) is 0 Å². The first-order valence-electron chi connectivity index (χ1n) is 5.57. The first-order chi connectivity index (χ1) is 8.91. The lowest BCUT2D eigenvalue weighted by Gasteiger charge is -2.15. The third-order valence-corrected chi connectivity index (χ3v) is 3.43. The number of halogens is 4. The van der Waals surface area contributed by atoms with Gasteiger partial charge in [-0.3, -0.25) is 0 Å². The molecule has 2 aromatic carbocycles. The second-order valence-corrected chi connectivity index (χ2v) is 5.16. The van der Waals surface area contributed by atoms with Gasteiger partial charge in [0.25, 0.3) is 0 Å². The van der Waals surface area contributed by atoms with Crippen molar-refractivity contribution in [2.45, 2.75) is 13.0 Å². The Morgan fingerprint density at radius 1 is 1.00 bits per heavy atom. The molecule has 1 atom stereocenters. The van der Waals surface area contributed by atoms with E-state index in [-0.39, 0.29) is 16.7 Å². The van der Waals surface area contributed by atoms with Crippen molar-refractivity contribution < 1.29 is 13.2 Å². The normalized spacial score (nSPS) is 12.5. The topological polar surface area (TPSA) is 26.0 Å². The molecule has 0 amide bonds. The molecule has 0 aromatic heterocycles. The molecular weight excluding hydrogens is 319 g/mol. The van der Waals surface area contributed by atoms with Crippen LogP contribution in [-0.2, 0) is 0 Å². The molecule has 2 aromatic rings. The van der Waals surface area contributed by atoms with E-state index in [0.717, 1.165) is 0 Å². The summed E-state index contributed by atoms with van der Waals surface area (Å²) in [6, 6.07) is 6.02. The van der Waals surface area contributed by atoms with Crippen LogP contribution in [0.15, 0.2) is 34.8 Å². The van der Waals surface area contributed by atoms with E-state index < -0.39 is 23.5 Å². The molecule has 2 rings (SSSR count).